The minimum absolute atomic E-state index is 0.0731. The Morgan fingerprint density at radius 3 is 2.76 bits per heavy atom. The van der Waals surface area contributed by atoms with Crippen molar-refractivity contribution in [2.75, 3.05) is 6.54 Å². The van der Waals surface area contributed by atoms with E-state index in [1.165, 1.54) is 18.5 Å². The topological polar surface area (TPSA) is 68.0 Å². The molecule has 1 aromatic heterocycles. The summed E-state index contributed by atoms with van der Waals surface area (Å²) >= 11 is 2.81. The first-order valence-electron chi connectivity index (χ1n) is 5.78. The molecule has 0 atom stereocenters. The van der Waals surface area contributed by atoms with Crippen molar-refractivity contribution in [3.8, 4) is 0 Å². The predicted molar refractivity (Wildman–Crippen MR) is 69.5 cm³/mol. The Morgan fingerprint density at radius 2 is 2.14 bits per heavy atom. The maximum Gasteiger partial charge on any atom is 0.417 e. The molecule has 0 aliphatic rings. The molecule has 21 heavy (non-hydrogen) atoms. The molecule has 2 aromatic rings. The second-order valence-corrected chi connectivity index (χ2v) is 4.89. The number of hydrogen-bond donors (Lipinski definition) is 1. The van der Waals surface area contributed by atoms with Gasteiger partial charge >= 0.3 is 6.18 Å². The third kappa shape index (κ3) is 4.03. The molecular formula is C12H9BrF3N3O2. The summed E-state index contributed by atoms with van der Waals surface area (Å²) in [6.07, 6.45) is -3.01. The van der Waals surface area contributed by atoms with Crippen LogP contribution in [-0.4, -0.2) is 22.6 Å². The summed E-state index contributed by atoms with van der Waals surface area (Å²) in [5.41, 5.74) is -0.969. The van der Waals surface area contributed by atoms with E-state index >= 15 is 0 Å². The van der Waals surface area contributed by atoms with Gasteiger partial charge in [-0.2, -0.15) is 18.2 Å². The second kappa shape index (κ2) is 6.25. The fraction of sp³-hybridized carbons (Fsp3) is 0.250. The number of halogens is 4. The molecule has 0 unspecified atom stereocenters. The zero-order valence-corrected chi connectivity index (χ0v) is 12.0. The minimum Gasteiger partial charge on any atom is -0.352 e. The van der Waals surface area contributed by atoms with Crippen LogP contribution in [-0.2, 0) is 12.6 Å². The zero-order valence-electron chi connectivity index (χ0n) is 10.4. The van der Waals surface area contributed by atoms with Crippen molar-refractivity contribution in [1.29, 1.82) is 0 Å². The lowest BCUT2D eigenvalue weighted by molar-refractivity contribution is -0.138. The summed E-state index contributed by atoms with van der Waals surface area (Å²) in [7, 11) is 0. The van der Waals surface area contributed by atoms with Gasteiger partial charge in [-0.25, -0.2) is 0 Å². The number of nitrogens with one attached hydrogen (secondary N) is 1. The first kappa shape index (κ1) is 15.5. The number of alkyl halides is 3. The molecule has 5 nitrogen and oxygen atoms in total. The highest BCUT2D eigenvalue weighted by atomic mass is 79.9. The number of benzene rings is 1. The summed E-state index contributed by atoms with van der Waals surface area (Å²) in [6, 6.07) is 3.29. The maximum absolute atomic E-state index is 12.7. The number of nitrogens with zero attached hydrogens (tertiary/aromatic N) is 2. The van der Waals surface area contributed by atoms with Crippen molar-refractivity contribution in [3.05, 3.63) is 46.0 Å². The molecule has 0 aliphatic heterocycles. The average molecular weight is 364 g/mol. The number of amides is 1. The SMILES string of the molecule is O=C(NCCc1ncno1)c1ccc(Br)c(C(F)(F)F)c1. The first-order valence-corrected chi connectivity index (χ1v) is 6.57. The molecule has 112 valence electrons. The van der Waals surface area contributed by atoms with Crippen LogP contribution in [0.5, 0.6) is 0 Å². The van der Waals surface area contributed by atoms with Crippen molar-refractivity contribution in [1.82, 2.24) is 15.5 Å². The number of hydrogen-bond acceptors (Lipinski definition) is 4. The molecule has 0 aliphatic carbocycles. The van der Waals surface area contributed by atoms with E-state index in [2.05, 4.69) is 31.4 Å². The summed E-state index contributed by atoms with van der Waals surface area (Å²) < 4.78 is 42.8. The summed E-state index contributed by atoms with van der Waals surface area (Å²) in [5.74, 6) is -0.269. The van der Waals surface area contributed by atoms with Crippen LogP contribution in [0.25, 0.3) is 0 Å². The average Bonchev–Trinajstić information content (AvgIpc) is 2.91. The highest BCUT2D eigenvalue weighted by molar-refractivity contribution is 9.10. The van der Waals surface area contributed by atoms with Gasteiger partial charge in [-0.05, 0) is 18.2 Å². The van der Waals surface area contributed by atoms with Gasteiger partial charge in [0.05, 0.1) is 5.56 Å². The molecule has 0 radical (unpaired) electrons. The van der Waals surface area contributed by atoms with E-state index in [0.717, 1.165) is 6.07 Å². The highest BCUT2D eigenvalue weighted by Crippen LogP contribution is 2.35. The lowest BCUT2D eigenvalue weighted by Crippen LogP contribution is -2.26. The van der Waals surface area contributed by atoms with Gasteiger partial charge in [-0.15, -0.1) is 0 Å². The van der Waals surface area contributed by atoms with E-state index < -0.39 is 17.6 Å². The molecule has 2 rings (SSSR count). The lowest BCUT2D eigenvalue weighted by atomic mass is 10.1. The first-order chi connectivity index (χ1) is 9.88. The van der Waals surface area contributed by atoms with Gasteiger partial charge in [0, 0.05) is 23.0 Å². The van der Waals surface area contributed by atoms with Gasteiger partial charge in [0.1, 0.15) is 0 Å². The minimum atomic E-state index is -4.53. The number of aromatic nitrogens is 2. The Bertz CT molecular complexity index is 629. The molecule has 0 bridgehead atoms. The van der Waals surface area contributed by atoms with Crippen LogP contribution < -0.4 is 5.32 Å². The summed E-state index contributed by atoms with van der Waals surface area (Å²) in [4.78, 5) is 15.6. The van der Waals surface area contributed by atoms with Gasteiger partial charge in [0.2, 0.25) is 5.89 Å². The number of rotatable bonds is 4. The quantitative estimate of drug-likeness (QED) is 0.906. The van der Waals surface area contributed by atoms with Crippen molar-refractivity contribution in [3.63, 3.8) is 0 Å². The molecule has 9 heteroatoms. The van der Waals surface area contributed by atoms with Crippen molar-refractivity contribution >= 4 is 21.8 Å². The normalized spacial score (nSPS) is 11.4. The third-order valence-electron chi connectivity index (χ3n) is 2.57. The van der Waals surface area contributed by atoms with Crippen LogP contribution in [0.1, 0.15) is 21.8 Å². The van der Waals surface area contributed by atoms with Crippen LogP contribution in [0.4, 0.5) is 13.2 Å². The molecule has 0 fully saturated rings. The third-order valence-corrected chi connectivity index (χ3v) is 3.26. The lowest BCUT2D eigenvalue weighted by Gasteiger charge is -2.11. The van der Waals surface area contributed by atoms with E-state index in [9.17, 15) is 18.0 Å². The van der Waals surface area contributed by atoms with Crippen LogP contribution in [0.15, 0.2) is 33.5 Å². The Hall–Kier alpha value is -1.90. The number of carbonyl (C=O) groups is 1. The molecule has 1 amide bonds. The van der Waals surface area contributed by atoms with Gasteiger partial charge in [0.15, 0.2) is 6.33 Å². The van der Waals surface area contributed by atoms with Gasteiger partial charge in [-0.1, -0.05) is 21.1 Å². The van der Waals surface area contributed by atoms with Crippen LogP contribution in [0.2, 0.25) is 0 Å². The monoisotopic (exact) mass is 363 g/mol. The van der Waals surface area contributed by atoms with E-state index in [4.69, 9.17) is 4.52 Å². The van der Waals surface area contributed by atoms with Crippen LogP contribution in [0.3, 0.4) is 0 Å². The Balaban J connectivity index is 2.02. The highest BCUT2D eigenvalue weighted by Gasteiger charge is 2.33. The van der Waals surface area contributed by atoms with E-state index in [1.807, 2.05) is 0 Å². The predicted octanol–water partition coefficient (Wildman–Crippen LogP) is 2.82. The van der Waals surface area contributed by atoms with E-state index in [-0.39, 0.29) is 16.6 Å². The Morgan fingerprint density at radius 1 is 1.38 bits per heavy atom. The molecule has 1 heterocycles. The van der Waals surface area contributed by atoms with Gasteiger partial charge in [-0.3, -0.25) is 4.79 Å². The maximum atomic E-state index is 12.7. The molecule has 1 aromatic carbocycles. The largest absolute Gasteiger partial charge is 0.417 e. The van der Waals surface area contributed by atoms with Gasteiger partial charge in [0.25, 0.3) is 5.91 Å². The van der Waals surface area contributed by atoms with E-state index in [0.29, 0.717) is 12.3 Å². The van der Waals surface area contributed by atoms with Crippen LogP contribution >= 0.6 is 15.9 Å². The molecular weight excluding hydrogens is 355 g/mol. The zero-order chi connectivity index (χ0) is 15.5. The standard InChI is InChI=1S/C12H9BrF3N3O2/c13-9-2-1-7(5-8(9)12(14,15)16)11(20)17-4-3-10-18-6-19-21-10/h1-2,5-6H,3-4H2,(H,17,20). The Labute approximate surface area is 125 Å². The number of carbonyl (C=O) groups excluding carboxylic acids is 1. The van der Waals surface area contributed by atoms with E-state index in [1.54, 1.807) is 0 Å². The summed E-state index contributed by atoms with van der Waals surface area (Å²) in [6.45, 7) is 0.179. The fourth-order valence-electron chi connectivity index (χ4n) is 1.57. The molecule has 0 spiro atoms. The summed E-state index contributed by atoms with van der Waals surface area (Å²) in [5, 5.41) is 5.88. The second-order valence-electron chi connectivity index (χ2n) is 4.03. The molecule has 0 saturated heterocycles. The molecule has 1 N–H and O–H groups in total. The van der Waals surface area contributed by atoms with Crippen molar-refractivity contribution < 1.29 is 22.5 Å². The van der Waals surface area contributed by atoms with Gasteiger partial charge < -0.3 is 9.84 Å². The Kier molecular flexibility index (Phi) is 4.61. The smallest absolute Gasteiger partial charge is 0.352 e. The van der Waals surface area contributed by atoms with Crippen molar-refractivity contribution in [2.24, 2.45) is 0 Å². The molecule has 0 saturated carbocycles. The fourth-order valence-corrected chi connectivity index (χ4v) is 2.05. The van der Waals surface area contributed by atoms with Crippen molar-refractivity contribution in [2.45, 2.75) is 12.6 Å². The van der Waals surface area contributed by atoms with Crippen LogP contribution in [0, 0.1) is 0 Å².